The Morgan fingerprint density at radius 1 is 1.12 bits per heavy atom. The van der Waals surface area contributed by atoms with Crippen LogP contribution in [-0.2, 0) is 6.42 Å². The summed E-state index contributed by atoms with van der Waals surface area (Å²) in [7, 11) is 3.31. The Morgan fingerprint density at radius 3 is 2.60 bits per heavy atom. The van der Waals surface area contributed by atoms with Crippen molar-refractivity contribution >= 4 is 11.6 Å². The molecule has 0 radical (unpaired) electrons. The number of nitrogens with one attached hydrogen (secondary N) is 1. The lowest BCUT2D eigenvalue weighted by atomic mass is 10.0. The number of guanidine groups is 1. The highest BCUT2D eigenvalue weighted by Gasteiger charge is 2.05. The fourth-order valence-electron chi connectivity index (χ4n) is 2.54. The molecule has 3 N–H and O–H groups in total. The lowest BCUT2D eigenvalue weighted by Gasteiger charge is -2.11. The van der Waals surface area contributed by atoms with Gasteiger partial charge in [-0.25, -0.2) is 0 Å². The van der Waals surface area contributed by atoms with Gasteiger partial charge in [0, 0.05) is 12.2 Å². The number of nitrogens with zero attached hydrogens (tertiary/aromatic N) is 1. The molecule has 0 aromatic heterocycles. The van der Waals surface area contributed by atoms with Gasteiger partial charge in [0.2, 0.25) is 0 Å². The minimum atomic E-state index is 0.405. The number of hydrogen-bond donors (Lipinski definition) is 2. The van der Waals surface area contributed by atoms with Crippen LogP contribution in [0.1, 0.15) is 30.9 Å². The zero-order chi connectivity index (χ0) is 18.2. The Kier molecular flexibility index (Phi) is 6.69. The zero-order valence-corrected chi connectivity index (χ0v) is 15.4. The average Bonchev–Trinajstić information content (AvgIpc) is 2.61. The summed E-state index contributed by atoms with van der Waals surface area (Å²) in [5.74, 6) is 2.51. The van der Waals surface area contributed by atoms with Gasteiger partial charge in [0.05, 0.1) is 14.2 Å². The van der Waals surface area contributed by atoms with Crippen molar-refractivity contribution in [2.45, 2.75) is 26.2 Å². The maximum atomic E-state index is 6.01. The molecular formula is C20H27N3O2. The maximum absolute atomic E-state index is 6.01. The van der Waals surface area contributed by atoms with E-state index in [1.54, 1.807) is 14.2 Å². The van der Waals surface area contributed by atoms with Gasteiger partial charge in [-0.1, -0.05) is 26.0 Å². The van der Waals surface area contributed by atoms with Crippen LogP contribution in [0.25, 0.3) is 0 Å². The third-order valence-electron chi connectivity index (χ3n) is 3.98. The molecule has 0 aliphatic rings. The van der Waals surface area contributed by atoms with E-state index in [1.165, 1.54) is 5.56 Å². The van der Waals surface area contributed by atoms with Crippen molar-refractivity contribution in [3.05, 3.63) is 53.6 Å². The third-order valence-corrected chi connectivity index (χ3v) is 3.98. The van der Waals surface area contributed by atoms with Crippen molar-refractivity contribution in [1.82, 2.24) is 0 Å². The molecule has 0 spiro atoms. The number of aliphatic imine (C=N–C) groups is 1. The van der Waals surface area contributed by atoms with Crippen LogP contribution >= 0.6 is 0 Å². The number of hydrogen-bond acceptors (Lipinski definition) is 3. The van der Waals surface area contributed by atoms with Crippen molar-refractivity contribution in [3.8, 4) is 11.5 Å². The molecule has 0 amide bonds. The lowest BCUT2D eigenvalue weighted by Crippen LogP contribution is -2.23. The van der Waals surface area contributed by atoms with Gasteiger partial charge in [0.15, 0.2) is 5.96 Å². The van der Waals surface area contributed by atoms with Crippen molar-refractivity contribution in [2.24, 2.45) is 10.7 Å². The number of methoxy groups -OCH3 is 2. The van der Waals surface area contributed by atoms with E-state index in [1.807, 2.05) is 30.3 Å². The second-order valence-electron chi connectivity index (χ2n) is 6.10. The highest BCUT2D eigenvalue weighted by atomic mass is 16.5. The maximum Gasteiger partial charge on any atom is 0.193 e. The lowest BCUT2D eigenvalue weighted by molar-refractivity contribution is 0.399. The number of ether oxygens (including phenoxy) is 2. The van der Waals surface area contributed by atoms with Crippen LogP contribution in [-0.4, -0.2) is 26.7 Å². The van der Waals surface area contributed by atoms with E-state index in [4.69, 9.17) is 15.2 Å². The Labute approximate surface area is 149 Å². The van der Waals surface area contributed by atoms with E-state index in [0.717, 1.165) is 29.2 Å². The average molecular weight is 341 g/mol. The van der Waals surface area contributed by atoms with E-state index in [0.29, 0.717) is 18.4 Å². The van der Waals surface area contributed by atoms with E-state index >= 15 is 0 Å². The van der Waals surface area contributed by atoms with Crippen LogP contribution in [0.2, 0.25) is 0 Å². The molecule has 134 valence electrons. The normalized spacial score (nSPS) is 11.5. The van der Waals surface area contributed by atoms with Crippen molar-refractivity contribution in [1.29, 1.82) is 0 Å². The van der Waals surface area contributed by atoms with Gasteiger partial charge in [-0.05, 0) is 53.8 Å². The smallest absolute Gasteiger partial charge is 0.193 e. The Morgan fingerprint density at radius 2 is 1.92 bits per heavy atom. The molecule has 0 heterocycles. The van der Waals surface area contributed by atoms with E-state index in [-0.39, 0.29) is 0 Å². The molecule has 0 saturated heterocycles. The summed E-state index contributed by atoms with van der Waals surface area (Å²) in [4.78, 5) is 4.41. The summed E-state index contributed by atoms with van der Waals surface area (Å²) >= 11 is 0. The molecule has 5 nitrogen and oxygen atoms in total. The Balaban J connectivity index is 1.99. The van der Waals surface area contributed by atoms with Crippen LogP contribution in [0.4, 0.5) is 5.69 Å². The second kappa shape index (κ2) is 8.97. The molecular weight excluding hydrogens is 314 g/mol. The summed E-state index contributed by atoms with van der Waals surface area (Å²) in [6, 6.07) is 14.0. The highest BCUT2D eigenvalue weighted by molar-refractivity contribution is 5.92. The quantitative estimate of drug-likeness (QED) is 0.594. The molecule has 0 aliphatic carbocycles. The van der Waals surface area contributed by atoms with Gasteiger partial charge >= 0.3 is 0 Å². The van der Waals surface area contributed by atoms with Gasteiger partial charge in [-0.15, -0.1) is 0 Å². The highest BCUT2D eigenvalue weighted by Crippen LogP contribution is 2.24. The third kappa shape index (κ3) is 5.41. The van der Waals surface area contributed by atoms with Crippen LogP contribution in [0.5, 0.6) is 11.5 Å². The molecule has 2 rings (SSSR count). The number of anilines is 1. The minimum Gasteiger partial charge on any atom is -0.497 e. The summed E-state index contributed by atoms with van der Waals surface area (Å²) in [5, 5.41) is 3.15. The van der Waals surface area contributed by atoms with E-state index < -0.39 is 0 Å². The van der Waals surface area contributed by atoms with Gasteiger partial charge in [0.25, 0.3) is 0 Å². The number of rotatable bonds is 7. The Hall–Kier alpha value is -2.69. The summed E-state index contributed by atoms with van der Waals surface area (Å²) in [6.45, 7) is 4.89. The van der Waals surface area contributed by atoms with Crippen LogP contribution in [0.3, 0.4) is 0 Å². The first-order valence-electron chi connectivity index (χ1n) is 8.41. The largest absolute Gasteiger partial charge is 0.497 e. The fraction of sp³-hybridized carbons (Fsp3) is 0.350. The second-order valence-corrected chi connectivity index (χ2v) is 6.10. The topological polar surface area (TPSA) is 68.9 Å². The summed E-state index contributed by atoms with van der Waals surface area (Å²) < 4.78 is 10.6. The molecule has 25 heavy (non-hydrogen) atoms. The van der Waals surface area contributed by atoms with Gasteiger partial charge in [0.1, 0.15) is 11.5 Å². The minimum absolute atomic E-state index is 0.405. The molecule has 0 unspecified atom stereocenters. The van der Waals surface area contributed by atoms with Crippen LogP contribution in [0, 0.1) is 0 Å². The van der Waals surface area contributed by atoms with E-state index in [9.17, 15) is 0 Å². The molecule has 0 aliphatic heterocycles. The number of benzene rings is 2. The van der Waals surface area contributed by atoms with Crippen LogP contribution < -0.4 is 20.5 Å². The Bertz CT molecular complexity index is 727. The van der Waals surface area contributed by atoms with Crippen molar-refractivity contribution in [3.63, 3.8) is 0 Å². The number of nitrogens with two attached hydrogens (primary N) is 1. The van der Waals surface area contributed by atoms with Gasteiger partial charge in [-0.2, -0.15) is 0 Å². The van der Waals surface area contributed by atoms with Gasteiger partial charge in [-0.3, -0.25) is 4.99 Å². The first-order valence-corrected chi connectivity index (χ1v) is 8.41. The van der Waals surface area contributed by atoms with Crippen molar-refractivity contribution in [2.75, 3.05) is 26.1 Å². The molecule has 0 bridgehead atoms. The molecule has 0 fully saturated rings. The summed E-state index contributed by atoms with van der Waals surface area (Å²) in [6.07, 6.45) is 0.717. The van der Waals surface area contributed by atoms with Crippen LogP contribution in [0.15, 0.2) is 47.5 Å². The molecule has 2 aromatic carbocycles. The predicted molar refractivity (Wildman–Crippen MR) is 104 cm³/mol. The molecule has 0 atom stereocenters. The standard InChI is InChI=1S/C20H27N3O2/c1-14(2)15-6-5-7-17(12-15)23-20(21)22-11-10-16-13-18(24-3)8-9-19(16)25-4/h5-9,12-14H,10-11H2,1-4H3,(H3,21,22,23). The van der Waals surface area contributed by atoms with Crippen molar-refractivity contribution < 1.29 is 9.47 Å². The fourth-order valence-corrected chi connectivity index (χ4v) is 2.54. The predicted octanol–water partition coefficient (Wildman–Crippen LogP) is 3.80. The zero-order valence-electron chi connectivity index (χ0n) is 15.4. The summed E-state index contributed by atoms with van der Waals surface area (Å²) in [5.41, 5.74) is 9.26. The SMILES string of the molecule is COc1ccc(OC)c(CCN=C(N)Nc2cccc(C(C)C)c2)c1. The molecule has 5 heteroatoms. The first-order chi connectivity index (χ1) is 12.0. The molecule has 2 aromatic rings. The van der Waals surface area contributed by atoms with E-state index in [2.05, 4.69) is 36.3 Å². The monoisotopic (exact) mass is 341 g/mol. The molecule has 0 saturated carbocycles. The first kappa shape index (κ1) is 18.6. The van der Waals surface area contributed by atoms with Gasteiger partial charge < -0.3 is 20.5 Å².